The van der Waals surface area contributed by atoms with Gasteiger partial charge in [0.1, 0.15) is 0 Å². The number of halogens is 1. The Labute approximate surface area is 185 Å². The van der Waals surface area contributed by atoms with Gasteiger partial charge >= 0.3 is 0 Å². The van der Waals surface area contributed by atoms with Crippen molar-refractivity contribution in [2.75, 3.05) is 11.1 Å². The summed E-state index contributed by atoms with van der Waals surface area (Å²) in [6.07, 6.45) is 6.59. The van der Waals surface area contributed by atoms with Crippen LogP contribution in [-0.4, -0.2) is 27.2 Å². The van der Waals surface area contributed by atoms with E-state index in [0.717, 1.165) is 47.2 Å². The molecule has 2 aromatic rings. The maximum atomic E-state index is 6.49. The lowest BCUT2D eigenvalue weighted by Crippen LogP contribution is -2.39. The molecule has 0 amide bonds. The highest BCUT2D eigenvalue weighted by Gasteiger charge is 2.34. The summed E-state index contributed by atoms with van der Waals surface area (Å²) in [7, 11) is 0. The second-order valence-corrected chi connectivity index (χ2v) is 9.93. The number of benzene rings is 1. The first-order chi connectivity index (χ1) is 14.0. The molecule has 0 radical (unpaired) electrons. The van der Waals surface area contributed by atoms with E-state index in [1.807, 2.05) is 6.07 Å². The maximum absolute atomic E-state index is 6.49. The van der Waals surface area contributed by atoms with Crippen LogP contribution in [0, 0.1) is 11.8 Å². The van der Waals surface area contributed by atoms with E-state index in [4.69, 9.17) is 9.72 Å². The number of rotatable bonds is 5. The summed E-state index contributed by atoms with van der Waals surface area (Å²) < 4.78 is 7.48. The molecule has 2 heterocycles. The minimum atomic E-state index is -0.152. The van der Waals surface area contributed by atoms with Gasteiger partial charge < -0.3 is 10.1 Å². The number of anilines is 1. The number of ether oxygens (including phenoxy) is 1. The molecule has 0 unspecified atom stereocenters. The summed E-state index contributed by atoms with van der Waals surface area (Å²) >= 11 is 5.23. The number of fused-ring (bicyclic) bond motifs is 3. The van der Waals surface area contributed by atoms with Crippen LogP contribution in [-0.2, 0) is 0 Å². The van der Waals surface area contributed by atoms with Crippen LogP contribution >= 0.6 is 27.7 Å². The highest BCUT2D eigenvalue weighted by molar-refractivity contribution is 9.10. The number of nitrogens with one attached hydrogen (secondary N) is 1. The lowest BCUT2D eigenvalue weighted by molar-refractivity contribution is 0.114. The molecular formula is C22H27BrN4OS. The normalized spacial score (nSPS) is 23.2. The van der Waals surface area contributed by atoms with E-state index in [1.54, 1.807) is 11.8 Å². The summed E-state index contributed by atoms with van der Waals surface area (Å²) in [4.78, 5) is 4.76. The third kappa shape index (κ3) is 4.61. The van der Waals surface area contributed by atoms with Crippen molar-refractivity contribution in [3.8, 4) is 17.1 Å². The van der Waals surface area contributed by atoms with Crippen molar-refractivity contribution in [2.24, 2.45) is 11.8 Å². The Morgan fingerprint density at radius 3 is 2.97 bits per heavy atom. The number of thioether (sulfide) groups is 1. The molecule has 0 bridgehead atoms. The van der Waals surface area contributed by atoms with Gasteiger partial charge in [-0.2, -0.15) is 4.98 Å². The molecule has 0 saturated carbocycles. The van der Waals surface area contributed by atoms with Gasteiger partial charge in [-0.15, -0.1) is 10.2 Å². The first-order valence-corrected chi connectivity index (χ1v) is 12.1. The van der Waals surface area contributed by atoms with E-state index >= 15 is 0 Å². The van der Waals surface area contributed by atoms with Crippen molar-refractivity contribution in [1.82, 2.24) is 15.2 Å². The Hall–Kier alpha value is -1.60. The van der Waals surface area contributed by atoms with E-state index in [2.05, 4.69) is 70.4 Å². The molecule has 1 aliphatic carbocycles. The van der Waals surface area contributed by atoms with Crippen LogP contribution in [0.15, 0.2) is 39.5 Å². The summed E-state index contributed by atoms with van der Waals surface area (Å²) in [6, 6.07) is 6.17. The van der Waals surface area contributed by atoms with Gasteiger partial charge in [-0.05, 0) is 50.3 Å². The molecule has 29 heavy (non-hydrogen) atoms. The fourth-order valence-corrected chi connectivity index (χ4v) is 5.21. The molecule has 1 N–H and O–H groups in total. The van der Waals surface area contributed by atoms with Crippen molar-refractivity contribution >= 4 is 33.4 Å². The first-order valence-electron chi connectivity index (χ1n) is 10.3. The molecule has 0 fully saturated rings. The van der Waals surface area contributed by atoms with Crippen LogP contribution in [0.3, 0.4) is 0 Å². The molecule has 1 aromatic carbocycles. The smallest absolute Gasteiger partial charge is 0.247 e. The standard InChI is InChI=1S/C22H27BrN4OS/c1-4-5-10-29-22-25-21-19(26-27-22)17-12-15(23)7-9-18(17)24-20(28-21)16-8-6-13(2)11-14(16)3/h6-7,9,12,14,16,20,24H,4-5,8,10-11H2,1-3H3/t14-,16-,20-/m1/s1. The van der Waals surface area contributed by atoms with Crippen LogP contribution in [0.1, 0.15) is 46.5 Å². The summed E-state index contributed by atoms with van der Waals surface area (Å²) in [5, 5.41) is 13.2. The van der Waals surface area contributed by atoms with Crippen molar-refractivity contribution < 1.29 is 4.74 Å². The van der Waals surface area contributed by atoms with Crippen molar-refractivity contribution in [3.05, 3.63) is 34.3 Å². The minimum Gasteiger partial charge on any atom is -0.452 e. The molecule has 1 aliphatic heterocycles. The Balaban J connectivity index is 1.71. The Morgan fingerprint density at radius 2 is 2.17 bits per heavy atom. The maximum Gasteiger partial charge on any atom is 0.247 e. The second-order valence-electron chi connectivity index (χ2n) is 7.95. The van der Waals surface area contributed by atoms with E-state index < -0.39 is 0 Å². The first kappa shape index (κ1) is 20.7. The molecular weight excluding hydrogens is 448 g/mol. The van der Waals surface area contributed by atoms with E-state index in [1.165, 1.54) is 5.57 Å². The monoisotopic (exact) mass is 474 g/mol. The van der Waals surface area contributed by atoms with Gasteiger partial charge in [0.15, 0.2) is 11.9 Å². The predicted molar refractivity (Wildman–Crippen MR) is 122 cm³/mol. The number of unbranched alkanes of at least 4 members (excludes halogenated alkanes) is 1. The number of aromatic nitrogens is 3. The molecule has 5 nitrogen and oxygen atoms in total. The number of nitrogens with zero attached hydrogens (tertiary/aromatic N) is 3. The number of hydrogen-bond acceptors (Lipinski definition) is 6. The molecule has 7 heteroatoms. The lowest BCUT2D eigenvalue weighted by Gasteiger charge is -2.34. The molecule has 154 valence electrons. The molecule has 3 atom stereocenters. The average Bonchev–Trinajstić information content (AvgIpc) is 2.84. The molecule has 2 aliphatic rings. The van der Waals surface area contributed by atoms with Crippen LogP contribution < -0.4 is 10.1 Å². The molecule has 4 rings (SSSR count). The van der Waals surface area contributed by atoms with Gasteiger partial charge in [0.25, 0.3) is 0 Å². The number of allylic oxidation sites excluding steroid dienone is 2. The Kier molecular flexibility index (Phi) is 6.44. The van der Waals surface area contributed by atoms with Gasteiger partial charge in [-0.25, -0.2) is 0 Å². The summed E-state index contributed by atoms with van der Waals surface area (Å²) in [6.45, 7) is 6.71. The van der Waals surface area contributed by atoms with Gasteiger partial charge in [0.2, 0.25) is 11.0 Å². The van der Waals surface area contributed by atoms with Crippen LogP contribution in [0.2, 0.25) is 0 Å². The van der Waals surface area contributed by atoms with Gasteiger partial charge in [0, 0.05) is 27.4 Å². The van der Waals surface area contributed by atoms with Crippen LogP contribution in [0.4, 0.5) is 5.69 Å². The second kappa shape index (κ2) is 9.04. The highest BCUT2D eigenvalue weighted by Crippen LogP contribution is 2.41. The molecule has 0 spiro atoms. The van der Waals surface area contributed by atoms with Gasteiger partial charge in [-0.1, -0.05) is 59.6 Å². The zero-order valence-corrected chi connectivity index (χ0v) is 19.5. The Bertz CT molecular complexity index is 920. The largest absolute Gasteiger partial charge is 0.452 e. The minimum absolute atomic E-state index is 0.152. The topological polar surface area (TPSA) is 59.9 Å². The molecule has 1 aromatic heterocycles. The van der Waals surface area contributed by atoms with E-state index in [0.29, 0.717) is 28.6 Å². The average molecular weight is 475 g/mol. The molecule has 0 saturated heterocycles. The third-order valence-corrected chi connectivity index (χ3v) is 7.06. The summed E-state index contributed by atoms with van der Waals surface area (Å²) in [5.41, 5.74) is 4.15. The third-order valence-electron chi connectivity index (χ3n) is 5.64. The van der Waals surface area contributed by atoms with Crippen LogP contribution in [0.5, 0.6) is 5.88 Å². The van der Waals surface area contributed by atoms with Crippen molar-refractivity contribution in [1.29, 1.82) is 0 Å². The fourth-order valence-electron chi connectivity index (χ4n) is 3.99. The van der Waals surface area contributed by atoms with Gasteiger partial charge in [-0.3, -0.25) is 0 Å². The van der Waals surface area contributed by atoms with Gasteiger partial charge in [0.05, 0.1) is 0 Å². The summed E-state index contributed by atoms with van der Waals surface area (Å²) in [5.74, 6) is 2.47. The predicted octanol–water partition coefficient (Wildman–Crippen LogP) is 6.32. The fraction of sp³-hybridized carbons (Fsp3) is 0.500. The van der Waals surface area contributed by atoms with Crippen molar-refractivity contribution in [3.63, 3.8) is 0 Å². The lowest BCUT2D eigenvalue weighted by atomic mass is 9.80. The quantitative estimate of drug-likeness (QED) is 0.310. The van der Waals surface area contributed by atoms with E-state index in [9.17, 15) is 0 Å². The highest BCUT2D eigenvalue weighted by atomic mass is 79.9. The van der Waals surface area contributed by atoms with Crippen LogP contribution in [0.25, 0.3) is 11.3 Å². The zero-order valence-electron chi connectivity index (χ0n) is 17.1. The number of hydrogen-bond donors (Lipinski definition) is 1. The van der Waals surface area contributed by atoms with Crippen molar-refractivity contribution in [2.45, 2.75) is 57.8 Å². The SMILES string of the molecule is CCCCSc1nnc2c(n1)O[C@H]([C@@H]1CC=C(C)C[C@H]1C)Nc1ccc(Br)cc1-2. The zero-order chi connectivity index (χ0) is 20.4. The van der Waals surface area contributed by atoms with E-state index in [-0.39, 0.29) is 6.23 Å². The Morgan fingerprint density at radius 1 is 1.31 bits per heavy atom.